The second kappa shape index (κ2) is 8.90. The summed E-state index contributed by atoms with van der Waals surface area (Å²) in [6, 6.07) is 50.8. The fourth-order valence-electron chi connectivity index (χ4n) is 6.46. The maximum Gasteiger partial charge on any atom is 0.0640 e. The Bertz CT molecular complexity index is 2410. The molecule has 6 aromatic carbocycles. The van der Waals surface area contributed by atoms with E-state index in [1.54, 1.807) is 0 Å². The highest BCUT2D eigenvalue weighted by molar-refractivity contribution is 7.26. The fraction of sp³-hybridized carbons (Fsp3) is 0. The van der Waals surface area contributed by atoms with Gasteiger partial charge in [-0.25, -0.2) is 0 Å². The molecule has 0 saturated carbocycles. The molecule has 0 amide bonds. The summed E-state index contributed by atoms with van der Waals surface area (Å²) in [6.07, 6.45) is 0. The Morgan fingerprint density at radius 2 is 1.10 bits per heavy atom. The largest absolute Gasteiger partial charge is 0.308 e. The molecule has 192 valence electrons. The van der Waals surface area contributed by atoms with Crippen molar-refractivity contribution < 1.29 is 0 Å². The molecule has 0 radical (unpaired) electrons. The lowest BCUT2D eigenvalue weighted by Gasteiger charge is -2.09. The Kier molecular flexibility index (Phi) is 5.00. The van der Waals surface area contributed by atoms with E-state index in [4.69, 9.17) is 0 Å². The smallest absolute Gasteiger partial charge is 0.0640 e. The number of thiophene rings is 2. The number of hydrogen-bond acceptors (Lipinski definition) is 2. The van der Waals surface area contributed by atoms with Crippen molar-refractivity contribution in [1.82, 2.24) is 4.57 Å². The number of aromatic nitrogens is 1. The molecule has 0 saturated heterocycles. The van der Waals surface area contributed by atoms with Gasteiger partial charge in [-0.05, 0) is 35.4 Å². The van der Waals surface area contributed by atoms with Crippen LogP contribution in [0.5, 0.6) is 0 Å². The summed E-state index contributed by atoms with van der Waals surface area (Å²) >= 11 is 3.81. The monoisotopic (exact) mass is 557 g/mol. The first-order valence-corrected chi connectivity index (χ1v) is 15.5. The molecule has 0 N–H and O–H groups in total. The first kappa shape index (κ1) is 23.0. The summed E-state index contributed by atoms with van der Waals surface area (Å²) in [5.74, 6) is 0. The second-order valence-electron chi connectivity index (χ2n) is 10.5. The van der Waals surface area contributed by atoms with Gasteiger partial charge in [0, 0.05) is 46.8 Å². The minimum Gasteiger partial charge on any atom is -0.308 e. The third kappa shape index (κ3) is 3.34. The molecule has 0 atom stereocenters. The van der Waals surface area contributed by atoms with E-state index in [0.717, 1.165) is 0 Å². The van der Waals surface area contributed by atoms with Gasteiger partial charge >= 0.3 is 0 Å². The fourth-order valence-corrected chi connectivity index (χ4v) is 9.05. The van der Waals surface area contributed by atoms with Crippen LogP contribution in [-0.2, 0) is 0 Å². The zero-order chi connectivity index (χ0) is 26.9. The number of benzene rings is 6. The van der Waals surface area contributed by atoms with Crippen LogP contribution in [0.15, 0.2) is 140 Å². The first-order chi connectivity index (χ1) is 20.4. The molecule has 3 heterocycles. The predicted molar refractivity (Wildman–Crippen MR) is 180 cm³/mol. The van der Waals surface area contributed by atoms with Gasteiger partial charge in [-0.15, -0.1) is 22.7 Å². The van der Waals surface area contributed by atoms with Crippen LogP contribution in [0.2, 0.25) is 0 Å². The minimum atomic E-state index is 1.25. The topological polar surface area (TPSA) is 4.93 Å². The first-order valence-electron chi connectivity index (χ1n) is 13.9. The molecule has 0 bridgehead atoms. The summed E-state index contributed by atoms with van der Waals surface area (Å²) in [7, 11) is 0. The average molecular weight is 558 g/mol. The van der Waals surface area contributed by atoms with Crippen molar-refractivity contribution in [1.29, 1.82) is 0 Å². The van der Waals surface area contributed by atoms with E-state index >= 15 is 0 Å². The van der Waals surface area contributed by atoms with Crippen LogP contribution in [0.3, 0.4) is 0 Å². The van der Waals surface area contributed by atoms with Gasteiger partial charge in [-0.1, -0.05) is 115 Å². The highest BCUT2D eigenvalue weighted by atomic mass is 32.1. The second-order valence-corrected chi connectivity index (χ2v) is 12.6. The van der Waals surface area contributed by atoms with Gasteiger partial charge in [-0.2, -0.15) is 0 Å². The minimum absolute atomic E-state index is 1.25. The molecule has 0 fully saturated rings. The number of fused-ring (bicyclic) bond motifs is 8. The number of nitrogens with zero attached hydrogens (tertiary/aromatic N) is 1. The van der Waals surface area contributed by atoms with Crippen molar-refractivity contribution in [3.05, 3.63) is 140 Å². The Balaban J connectivity index is 1.43. The number of para-hydroxylation sites is 1. The summed E-state index contributed by atoms with van der Waals surface area (Å²) in [4.78, 5) is 1.32. The van der Waals surface area contributed by atoms with Crippen molar-refractivity contribution in [3.63, 3.8) is 0 Å². The zero-order valence-electron chi connectivity index (χ0n) is 22.0. The van der Waals surface area contributed by atoms with E-state index in [1.807, 2.05) is 22.7 Å². The van der Waals surface area contributed by atoms with E-state index in [0.29, 0.717) is 0 Å². The van der Waals surface area contributed by atoms with Gasteiger partial charge in [0.25, 0.3) is 0 Å². The lowest BCUT2D eigenvalue weighted by Crippen LogP contribution is -1.93. The molecule has 0 spiro atoms. The molecular formula is C38H23NS2. The quantitative estimate of drug-likeness (QED) is 0.204. The number of hydrogen-bond donors (Lipinski definition) is 0. The lowest BCUT2D eigenvalue weighted by atomic mass is 9.98. The number of rotatable bonds is 3. The van der Waals surface area contributed by atoms with E-state index in [9.17, 15) is 0 Å². The molecule has 3 heteroatoms. The van der Waals surface area contributed by atoms with E-state index < -0.39 is 0 Å². The van der Waals surface area contributed by atoms with Crippen LogP contribution < -0.4 is 0 Å². The highest BCUT2D eigenvalue weighted by Crippen LogP contribution is 2.50. The van der Waals surface area contributed by atoms with Crippen molar-refractivity contribution >= 4 is 74.7 Å². The van der Waals surface area contributed by atoms with Gasteiger partial charge < -0.3 is 4.57 Å². The van der Waals surface area contributed by atoms with Crippen LogP contribution in [-0.4, -0.2) is 4.57 Å². The third-order valence-electron chi connectivity index (χ3n) is 8.21. The summed E-state index contributed by atoms with van der Waals surface area (Å²) in [5.41, 5.74) is 7.59. The molecule has 9 aromatic rings. The van der Waals surface area contributed by atoms with Crippen LogP contribution >= 0.6 is 22.7 Å². The van der Waals surface area contributed by atoms with Gasteiger partial charge in [0.2, 0.25) is 0 Å². The molecule has 41 heavy (non-hydrogen) atoms. The van der Waals surface area contributed by atoms with Gasteiger partial charge in [0.05, 0.1) is 21.4 Å². The van der Waals surface area contributed by atoms with E-state index in [1.165, 1.54) is 79.3 Å². The van der Waals surface area contributed by atoms with Crippen molar-refractivity contribution in [2.75, 3.05) is 0 Å². The Hall–Kier alpha value is -4.70. The molecule has 0 aliphatic heterocycles. The van der Waals surface area contributed by atoms with Crippen molar-refractivity contribution in [2.24, 2.45) is 0 Å². The normalized spacial score (nSPS) is 11.9. The maximum absolute atomic E-state index is 2.49. The molecule has 0 unspecified atom stereocenters. The Morgan fingerprint density at radius 3 is 1.93 bits per heavy atom. The molecule has 9 rings (SSSR count). The summed E-state index contributed by atoms with van der Waals surface area (Å²) in [5, 5.41) is 6.60. The van der Waals surface area contributed by atoms with Gasteiger partial charge in [0.1, 0.15) is 0 Å². The summed E-state index contributed by atoms with van der Waals surface area (Å²) < 4.78 is 6.50. The Morgan fingerprint density at radius 1 is 0.415 bits per heavy atom. The third-order valence-corrected chi connectivity index (χ3v) is 10.7. The molecule has 0 aliphatic carbocycles. The standard InChI is InChI=1S/C38H23NS2/c1-3-12-24(13-4-1)34-29-22-23-31-35(38(29)41-36(34)25-14-5-2-6-15-25)28-17-7-9-19-30(28)39(31)32-20-11-18-27-26-16-8-10-21-33(26)40-37(27)32/h1-23H. The lowest BCUT2D eigenvalue weighted by molar-refractivity contribution is 1.20. The molecule has 0 aliphatic rings. The van der Waals surface area contributed by atoms with Crippen molar-refractivity contribution in [3.8, 4) is 27.3 Å². The van der Waals surface area contributed by atoms with Crippen LogP contribution in [0.1, 0.15) is 0 Å². The van der Waals surface area contributed by atoms with Crippen LogP contribution in [0.4, 0.5) is 0 Å². The van der Waals surface area contributed by atoms with E-state index in [2.05, 4.69) is 144 Å². The molecule has 3 aromatic heterocycles. The van der Waals surface area contributed by atoms with Crippen LogP contribution in [0, 0.1) is 0 Å². The van der Waals surface area contributed by atoms with Crippen molar-refractivity contribution in [2.45, 2.75) is 0 Å². The average Bonchev–Trinajstić information content (AvgIpc) is 3.71. The van der Waals surface area contributed by atoms with Gasteiger partial charge in [-0.3, -0.25) is 0 Å². The van der Waals surface area contributed by atoms with Crippen LogP contribution in [0.25, 0.3) is 79.3 Å². The SMILES string of the molecule is c1ccc(-c2sc3c(ccc4c3c3ccccc3n4-c3cccc4c3sc3ccccc34)c2-c2ccccc2)cc1. The van der Waals surface area contributed by atoms with Gasteiger partial charge in [0.15, 0.2) is 0 Å². The van der Waals surface area contributed by atoms with E-state index in [-0.39, 0.29) is 0 Å². The Labute approximate surface area is 245 Å². The zero-order valence-corrected chi connectivity index (χ0v) is 23.7. The predicted octanol–water partition coefficient (Wildman–Crippen LogP) is 11.7. The summed E-state index contributed by atoms with van der Waals surface area (Å²) in [6.45, 7) is 0. The maximum atomic E-state index is 2.49. The highest BCUT2D eigenvalue weighted by Gasteiger charge is 2.22. The molecule has 1 nitrogen and oxygen atoms in total. The molecular weight excluding hydrogens is 535 g/mol.